The van der Waals surface area contributed by atoms with Crippen molar-refractivity contribution in [2.24, 2.45) is 11.7 Å². The van der Waals surface area contributed by atoms with Crippen LogP contribution in [0.5, 0.6) is 0 Å². The van der Waals surface area contributed by atoms with Crippen molar-refractivity contribution in [3.05, 3.63) is 47.9 Å². The van der Waals surface area contributed by atoms with Gasteiger partial charge in [-0.05, 0) is 49.7 Å². The van der Waals surface area contributed by atoms with Crippen LogP contribution in [0.2, 0.25) is 0 Å². The lowest BCUT2D eigenvalue weighted by Gasteiger charge is -2.16. The summed E-state index contributed by atoms with van der Waals surface area (Å²) in [5.74, 6) is -0.492. The SMILES string of the molecule is Cc1cc(NC(=O)C(C)C(C)N)ccc1NC(=O)c1ccco1.Cl. The Bertz CT molecular complexity index is 699. The first-order chi connectivity index (χ1) is 10.9. The molecule has 2 aromatic rings. The zero-order valence-corrected chi connectivity index (χ0v) is 14.6. The lowest BCUT2D eigenvalue weighted by atomic mass is 10.0. The molecule has 2 atom stereocenters. The molecule has 0 aliphatic carbocycles. The third-order valence-electron chi connectivity index (χ3n) is 3.69. The van der Waals surface area contributed by atoms with Crippen molar-refractivity contribution >= 4 is 35.6 Å². The highest BCUT2D eigenvalue weighted by molar-refractivity contribution is 6.03. The molecule has 0 spiro atoms. The number of anilines is 2. The minimum Gasteiger partial charge on any atom is -0.459 e. The van der Waals surface area contributed by atoms with Crippen molar-refractivity contribution in [1.29, 1.82) is 0 Å². The van der Waals surface area contributed by atoms with E-state index in [1.807, 2.05) is 6.92 Å². The second kappa shape index (κ2) is 8.52. The van der Waals surface area contributed by atoms with Crippen molar-refractivity contribution in [3.8, 4) is 0 Å². The molecule has 2 amide bonds. The van der Waals surface area contributed by atoms with E-state index in [0.717, 1.165) is 5.56 Å². The maximum absolute atomic E-state index is 12.0. The fourth-order valence-electron chi connectivity index (χ4n) is 1.97. The summed E-state index contributed by atoms with van der Waals surface area (Å²) in [6.07, 6.45) is 1.44. The number of carbonyl (C=O) groups excluding carboxylic acids is 2. The second-order valence-electron chi connectivity index (χ2n) is 5.60. The highest BCUT2D eigenvalue weighted by Gasteiger charge is 2.17. The molecule has 1 aromatic carbocycles. The molecule has 0 radical (unpaired) electrons. The van der Waals surface area contributed by atoms with E-state index in [1.54, 1.807) is 44.2 Å². The van der Waals surface area contributed by atoms with E-state index in [9.17, 15) is 9.59 Å². The number of aryl methyl sites for hydroxylation is 1. The summed E-state index contributed by atoms with van der Waals surface area (Å²) in [4.78, 5) is 24.0. The van der Waals surface area contributed by atoms with Crippen molar-refractivity contribution < 1.29 is 14.0 Å². The number of nitrogens with two attached hydrogens (primary N) is 1. The first kappa shape index (κ1) is 19.7. The Balaban J connectivity index is 0.00000288. The Hall–Kier alpha value is -2.31. The Morgan fingerprint density at radius 2 is 1.88 bits per heavy atom. The van der Waals surface area contributed by atoms with Crippen LogP contribution in [0.25, 0.3) is 0 Å². The van der Waals surface area contributed by atoms with Gasteiger partial charge in [0.05, 0.1) is 12.2 Å². The number of hydrogen-bond acceptors (Lipinski definition) is 4. The normalized spacial score (nSPS) is 12.7. The summed E-state index contributed by atoms with van der Waals surface area (Å²) in [5, 5.41) is 5.59. The summed E-state index contributed by atoms with van der Waals surface area (Å²) in [6, 6.07) is 8.29. The molecule has 130 valence electrons. The third-order valence-corrected chi connectivity index (χ3v) is 3.69. The smallest absolute Gasteiger partial charge is 0.291 e. The zero-order valence-electron chi connectivity index (χ0n) is 13.8. The number of carbonyl (C=O) groups is 2. The van der Waals surface area contributed by atoms with E-state index < -0.39 is 0 Å². The number of halogens is 1. The van der Waals surface area contributed by atoms with Crippen LogP contribution in [0, 0.1) is 12.8 Å². The van der Waals surface area contributed by atoms with Gasteiger partial charge in [0.25, 0.3) is 5.91 Å². The van der Waals surface area contributed by atoms with Crippen LogP contribution >= 0.6 is 12.4 Å². The fraction of sp³-hybridized carbons (Fsp3) is 0.294. The van der Waals surface area contributed by atoms with Crippen LogP contribution in [0.1, 0.15) is 30.0 Å². The minimum absolute atomic E-state index is 0. The highest BCUT2D eigenvalue weighted by Crippen LogP contribution is 2.21. The van der Waals surface area contributed by atoms with Crippen LogP contribution in [0.3, 0.4) is 0 Å². The second-order valence-corrected chi connectivity index (χ2v) is 5.60. The molecule has 4 N–H and O–H groups in total. The zero-order chi connectivity index (χ0) is 17.0. The average Bonchev–Trinajstić information content (AvgIpc) is 3.03. The van der Waals surface area contributed by atoms with E-state index in [4.69, 9.17) is 10.2 Å². The Morgan fingerprint density at radius 3 is 2.42 bits per heavy atom. The Labute approximate surface area is 147 Å². The molecule has 0 aliphatic rings. The van der Waals surface area contributed by atoms with Crippen molar-refractivity contribution in [2.45, 2.75) is 26.8 Å². The Morgan fingerprint density at radius 1 is 1.17 bits per heavy atom. The van der Waals surface area contributed by atoms with E-state index in [0.29, 0.717) is 11.4 Å². The number of nitrogens with one attached hydrogen (secondary N) is 2. The fourth-order valence-corrected chi connectivity index (χ4v) is 1.97. The quantitative estimate of drug-likeness (QED) is 0.770. The molecule has 7 heteroatoms. The summed E-state index contributed by atoms with van der Waals surface area (Å²) >= 11 is 0. The van der Waals surface area contributed by atoms with Crippen LogP contribution < -0.4 is 16.4 Å². The van der Waals surface area contributed by atoms with Crippen LogP contribution in [-0.2, 0) is 4.79 Å². The van der Waals surface area contributed by atoms with Gasteiger partial charge in [0.1, 0.15) is 0 Å². The van der Waals surface area contributed by atoms with Crippen molar-refractivity contribution in [3.63, 3.8) is 0 Å². The van der Waals surface area contributed by atoms with E-state index >= 15 is 0 Å². The molecule has 0 fully saturated rings. The topological polar surface area (TPSA) is 97.4 Å². The molecule has 6 nitrogen and oxygen atoms in total. The van der Waals surface area contributed by atoms with Gasteiger partial charge >= 0.3 is 0 Å². The van der Waals surface area contributed by atoms with Crippen LogP contribution in [0.4, 0.5) is 11.4 Å². The molecule has 1 aromatic heterocycles. The minimum atomic E-state index is -0.319. The van der Waals surface area contributed by atoms with Gasteiger partial charge < -0.3 is 20.8 Å². The van der Waals surface area contributed by atoms with Gasteiger partial charge in [0.2, 0.25) is 5.91 Å². The Kier molecular flexibility index (Phi) is 7.00. The van der Waals surface area contributed by atoms with E-state index in [-0.39, 0.29) is 41.9 Å². The van der Waals surface area contributed by atoms with Crippen LogP contribution in [0.15, 0.2) is 41.0 Å². The van der Waals surface area contributed by atoms with Gasteiger partial charge in [-0.1, -0.05) is 6.92 Å². The van der Waals surface area contributed by atoms with Gasteiger partial charge in [-0.2, -0.15) is 0 Å². The molecule has 1 heterocycles. The molecule has 24 heavy (non-hydrogen) atoms. The molecule has 2 unspecified atom stereocenters. The summed E-state index contributed by atoms with van der Waals surface area (Å²) in [7, 11) is 0. The number of rotatable bonds is 5. The lowest BCUT2D eigenvalue weighted by molar-refractivity contribution is -0.119. The molecule has 2 rings (SSSR count). The summed E-state index contributed by atoms with van der Waals surface area (Å²) in [5.41, 5.74) is 7.88. The highest BCUT2D eigenvalue weighted by atomic mass is 35.5. The van der Waals surface area contributed by atoms with Gasteiger partial charge in [-0.3, -0.25) is 9.59 Å². The van der Waals surface area contributed by atoms with Crippen molar-refractivity contribution in [1.82, 2.24) is 0 Å². The average molecular weight is 352 g/mol. The number of hydrogen-bond donors (Lipinski definition) is 3. The molecular weight excluding hydrogens is 330 g/mol. The van der Waals surface area contributed by atoms with Gasteiger partial charge in [0.15, 0.2) is 5.76 Å². The molecule has 0 saturated carbocycles. The summed E-state index contributed by atoms with van der Waals surface area (Å²) in [6.45, 7) is 5.43. The van der Waals surface area contributed by atoms with E-state index in [1.165, 1.54) is 6.26 Å². The monoisotopic (exact) mass is 351 g/mol. The predicted molar refractivity (Wildman–Crippen MR) is 96.5 cm³/mol. The van der Waals surface area contributed by atoms with E-state index in [2.05, 4.69) is 10.6 Å². The maximum atomic E-state index is 12.0. The van der Waals surface area contributed by atoms with Gasteiger partial charge in [-0.15, -0.1) is 12.4 Å². The van der Waals surface area contributed by atoms with Gasteiger partial charge in [0, 0.05) is 17.4 Å². The van der Waals surface area contributed by atoms with Crippen LogP contribution in [-0.4, -0.2) is 17.9 Å². The third kappa shape index (κ3) is 4.84. The lowest BCUT2D eigenvalue weighted by Crippen LogP contribution is -2.34. The first-order valence-electron chi connectivity index (χ1n) is 7.40. The number of benzene rings is 1. The molecular formula is C17H22ClN3O3. The van der Waals surface area contributed by atoms with Crippen molar-refractivity contribution in [2.75, 3.05) is 10.6 Å². The number of furan rings is 1. The standard InChI is InChI=1S/C17H21N3O3.ClH/c1-10-9-13(19-16(21)11(2)12(3)18)6-7-14(10)20-17(22)15-5-4-8-23-15;/h4-9,11-12H,18H2,1-3H3,(H,19,21)(H,20,22);1H. The predicted octanol–water partition coefficient (Wildman–Crippen LogP) is 3.18. The largest absolute Gasteiger partial charge is 0.459 e. The molecule has 0 aliphatic heterocycles. The maximum Gasteiger partial charge on any atom is 0.291 e. The summed E-state index contributed by atoms with van der Waals surface area (Å²) < 4.78 is 5.05. The van der Waals surface area contributed by atoms with Gasteiger partial charge in [-0.25, -0.2) is 0 Å². The molecule has 0 bridgehead atoms. The molecule has 0 saturated heterocycles. The number of amides is 2. The first-order valence-corrected chi connectivity index (χ1v) is 7.40.